The van der Waals surface area contributed by atoms with Crippen LogP contribution in [0.5, 0.6) is 0 Å². The van der Waals surface area contributed by atoms with Gasteiger partial charge in [-0.25, -0.2) is 0 Å². The van der Waals surface area contributed by atoms with Gasteiger partial charge in [0.05, 0.1) is 0 Å². The minimum Gasteiger partial charge on any atom is -0.0528 e. The molecule has 0 nitrogen and oxygen atoms in total. The van der Waals surface area contributed by atoms with Gasteiger partial charge in [0.1, 0.15) is 0 Å². The molecule has 0 N–H and O–H groups in total. The highest BCUT2D eigenvalue weighted by molar-refractivity contribution is 4.88. The van der Waals surface area contributed by atoms with Gasteiger partial charge in [0, 0.05) is 0 Å². The zero-order chi connectivity index (χ0) is 6.27. The van der Waals surface area contributed by atoms with Crippen molar-refractivity contribution in [2.45, 2.75) is 32.1 Å². The molecule has 0 aromatic rings. The normalized spacial score (nSPS) is 49.7. The molecule has 0 bridgehead atoms. The van der Waals surface area contributed by atoms with Crippen molar-refractivity contribution in [2.75, 3.05) is 0 Å². The first-order valence-electron chi connectivity index (χ1n) is 4.19. The molecule has 2 fully saturated rings. The Morgan fingerprint density at radius 2 is 1.56 bits per heavy atom. The van der Waals surface area contributed by atoms with Gasteiger partial charge in [-0.2, -0.15) is 0 Å². The summed E-state index contributed by atoms with van der Waals surface area (Å²) < 4.78 is 0. The number of hydrogen-bond acceptors (Lipinski definition) is 0. The molecule has 1 radical (unpaired) electrons. The average Bonchev–Trinajstić information content (AvgIpc) is 2.22. The molecule has 2 saturated carbocycles. The van der Waals surface area contributed by atoms with E-state index in [0.29, 0.717) is 0 Å². The molecule has 0 aromatic carbocycles. The molecule has 0 aliphatic heterocycles. The highest BCUT2D eigenvalue weighted by atomic mass is 14.4. The molecule has 2 aliphatic carbocycles. The largest absolute Gasteiger partial charge is 0.0528 e. The summed E-state index contributed by atoms with van der Waals surface area (Å²) in [5, 5.41) is 0. The van der Waals surface area contributed by atoms with E-state index in [-0.39, 0.29) is 0 Å². The maximum Gasteiger partial charge on any atom is -0.0383 e. The summed E-state index contributed by atoms with van der Waals surface area (Å²) in [5.41, 5.74) is 0. The lowest BCUT2D eigenvalue weighted by Gasteiger charge is -2.04. The van der Waals surface area contributed by atoms with Gasteiger partial charge in [-0.1, -0.05) is 26.2 Å². The van der Waals surface area contributed by atoms with Crippen LogP contribution in [0, 0.1) is 24.7 Å². The molecule has 0 heterocycles. The number of hydrogen-bond donors (Lipinski definition) is 0. The predicted molar refractivity (Wildman–Crippen MR) is 38.9 cm³/mol. The van der Waals surface area contributed by atoms with Crippen molar-refractivity contribution in [1.82, 2.24) is 0 Å². The van der Waals surface area contributed by atoms with Crippen molar-refractivity contribution in [3.63, 3.8) is 0 Å². The third-order valence-corrected chi connectivity index (χ3v) is 3.09. The second kappa shape index (κ2) is 2.00. The van der Waals surface area contributed by atoms with Crippen LogP contribution in [0.4, 0.5) is 0 Å². The van der Waals surface area contributed by atoms with Crippen molar-refractivity contribution in [2.24, 2.45) is 17.8 Å². The Bertz CT molecular complexity index is 94.6. The van der Waals surface area contributed by atoms with Crippen LogP contribution in [-0.4, -0.2) is 0 Å². The molecule has 2 rings (SSSR count). The van der Waals surface area contributed by atoms with Crippen LogP contribution >= 0.6 is 0 Å². The predicted octanol–water partition coefficient (Wildman–Crippen LogP) is 2.65. The van der Waals surface area contributed by atoms with Gasteiger partial charge in [0.2, 0.25) is 0 Å². The fraction of sp³-hybridized carbons (Fsp3) is 0.889. The molecule has 0 saturated heterocycles. The molecule has 0 spiro atoms. The van der Waals surface area contributed by atoms with E-state index in [9.17, 15) is 0 Å². The van der Waals surface area contributed by atoms with Gasteiger partial charge in [0.15, 0.2) is 0 Å². The summed E-state index contributed by atoms with van der Waals surface area (Å²) >= 11 is 0. The molecule has 51 valence electrons. The van der Waals surface area contributed by atoms with Crippen LogP contribution in [0.3, 0.4) is 0 Å². The Kier molecular flexibility index (Phi) is 1.28. The summed E-state index contributed by atoms with van der Waals surface area (Å²) in [6.45, 7) is 4.12. The van der Waals surface area contributed by atoms with E-state index in [1.807, 2.05) is 0 Å². The van der Waals surface area contributed by atoms with E-state index in [2.05, 4.69) is 6.92 Å². The topological polar surface area (TPSA) is 0 Å². The summed E-state index contributed by atoms with van der Waals surface area (Å²) in [5.74, 6) is 2.99. The molecule has 2 unspecified atom stereocenters. The monoisotopic (exact) mass is 123 g/mol. The minimum absolute atomic E-state index is 0.806. The second-order valence-corrected chi connectivity index (χ2v) is 3.79. The van der Waals surface area contributed by atoms with Crippen LogP contribution in [0.15, 0.2) is 0 Å². The Hall–Kier alpha value is 0. The van der Waals surface area contributed by atoms with E-state index in [4.69, 9.17) is 0 Å². The average molecular weight is 123 g/mol. The lowest BCUT2D eigenvalue weighted by atomic mass is 10.0. The van der Waals surface area contributed by atoms with Gasteiger partial charge in [-0.15, -0.1) is 0 Å². The minimum atomic E-state index is 0.806. The van der Waals surface area contributed by atoms with Crippen LogP contribution < -0.4 is 0 Å². The summed E-state index contributed by atoms with van der Waals surface area (Å²) in [4.78, 5) is 0. The zero-order valence-corrected chi connectivity index (χ0v) is 5.97. The van der Waals surface area contributed by atoms with Gasteiger partial charge in [-0.05, 0) is 30.6 Å². The smallest absolute Gasteiger partial charge is 0.0383 e. The lowest BCUT2D eigenvalue weighted by molar-refractivity contribution is 0.457. The van der Waals surface area contributed by atoms with E-state index in [0.717, 1.165) is 17.8 Å². The van der Waals surface area contributed by atoms with Crippen LogP contribution in [-0.2, 0) is 0 Å². The van der Waals surface area contributed by atoms with E-state index in [1.54, 1.807) is 0 Å². The SMILES string of the molecule is [CH2]C1CC2CCCC2C1. The van der Waals surface area contributed by atoms with Crippen LogP contribution in [0.25, 0.3) is 0 Å². The Balaban J connectivity index is 2.02. The Morgan fingerprint density at radius 3 is 2.11 bits per heavy atom. The highest BCUT2D eigenvalue weighted by Crippen LogP contribution is 2.46. The van der Waals surface area contributed by atoms with Crippen molar-refractivity contribution >= 4 is 0 Å². The molecule has 2 atom stereocenters. The fourth-order valence-electron chi connectivity index (χ4n) is 2.69. The first kappa shape index (κ1) is 5.76. The van der Waals surface area contributed by atoms with Gasteiger partial charge in [0.25, 0.3) is 0 Å². The third kappa shape index (κ3) is 0.889. The van der Waals surface area contributed by atoms with Gasteiger partial charge >= 0.3 is 0 Å². The van der Waals surface area contributed by atoms with E-state index >= 15 is 0 Å². The van der Waals surface area contributed by atoms with Crippen molar-refractivity contribution in [1.29, 1.82) is 0 Å². The van der Waals surface area contributed by atoms with E-state index < -0.39 is 0 Å². The van der Waals surface area contributed by atoms with Crippen molar-refractivity contribution < 1.29 is 0 Å². The standard InChI is InChI=1S/C9H15/c1-7-5-8-3-2-4-9(8)6-7/h7-9H,1-6H2. The molecular formula is C9H15. The van der Waals surface area contributed by atoms with Gasteiger partial charge in [-0.3, -0.25) is 0 Å². The second-order valence-electron chi connectivity index (χ2n) is 3.79. The van der Waals surface area contributed by atoms with Crippen molar-refractivity contribution in [3.8, 4) is 0 Å². The molecule has 0 amide bonds. The maximum atomic E-state index is 4.12. The quantitative estimate of drug-likeness (QED) is 0.464. The van der Waals surface area contributed by atoms with Crippen LogP contribution in [0.1, 0.15) is 32.1 Å². The Morgan fingerprint density at radius 1 is 1.00 bits per heavy atom. The number of rotatable bonds is 0. The van der Waals surface area contributed by atoms with E-state index in [1.165, 1.54) is 32.1 Å². The molecular weight excluding hydrogens is 108 g/mol. The summed E-state index contributed by atoms with van der Waals surface area (Å²) in [6.07, 6.45) is 7.39. The molecule has 0 heteroatoms. The maximum absolute atomic E-state index is 4.12. The van der Waals surface area contributed by atoms with Crippen molar-refractivity contribution in [3.05, 3.63) is 6.92 Å². The first-order valence-corrected chi connectivity index (χ1v) is 4.19. The summed E-state index contributed by atoms with van der Waals surface area (Å²) in [7, 11) is 0. The third-order valence-electron chi connectivity index (χ3n) is 3.09. The summed E-state index contributed by atoms with van der Waals surface area (Å²) in [6, 6.07) is 0. The fourth-order valence-corrected chi connectivity index (χ4v) is 2.69. The molecule has 9 heavy (non-hydrogen) atoms. The zero-order valence-electron chi connectivity index (χ0n) is 5.97. The number of fused-ring (bicyclic) bond motifs is 1. The highest BCUT2D eigenvalue weighted by Gasteiger charge is 2.34. The van der Waals surface area contributed by atoms with Crippen LogP contribution in [0.2, 0.25) is 0 Å². The van der Waals surface area contributed by atoms with Gasteiger partial charge < -0.3 is 0 Å². The first-order chi connectivity index (χ1) is 4.36. The molecule has 0 aromatic heterocycles. The lowest BCUT2D eigenvalue weighted by Crippen LogP contribution is -1.95. The Labute approximate surface area is 57.6 Å². The molecule has 2 aliphatic rings.